The number of sulfonamides is 1. The molecule has 4 rings (SSSR count). The molecule has 4 N–H and O–H groups in total. The maximum atomic E-state index is 13.4. The number of carbonyl (C=O) groups excluding carboxylic acids is 1. The van der Waals surface area contributed by atoms with Crippen molar-refractivity contribution in [3.8, 4) is 0 Å². The molecule has 2 aromatic carbocycles. The molecular weight excluding hydrogens is 464 g/mol. The number of rotatable bonds is 10. The molecule has 0 spiro atoms. The summed E-state index contributed by atoms with van der Waals surface area (Å²) in [5, 5.41) is 14.5. The van der Waals surface area contributed by atoms with Gasteiger partial charge in [0.05, 0.1) is 18.2 Å². The fraction of sp³-hybridized carbons (Fsp3) is 0.308. The van der Waals surface area contributed by atoms with Crippen LogP contribution in [0.3, 0.4) is 0 Å². The maximum absolute atomic E-state index is 13.4. The summed E-state index contributed by atoms with van der Waals surface area (Å²) in [6.45, 7) is 3.44. The van der Waals surface area contributed by atoms with Crippen LogP contribution in [0.25, 0.3) is 21.8 Å². The number of nitrogens with zero attached hydrogens (tertiary/aromatic N) is 1. The second-order valence-corrected chi connectivity index (χ2v) is 10.4. The van der Waals surface area contributed by atoms with Crippen LogP contribution in [0.1, 0.15) is 25.8 Å². The summed E-state index contributed by atoms with van der Waals surface area (Å²) in [4.78, 5) is 20.8. The zero-order valence-electron chi connectivity index (χ0n) is 19.7. The third-order valence-electron chi connectivity index (χ3n) is 6.37. The average Bonchev–Trinajstić information content (AvgIpc) is 3.28. The van der Waals surface area contributed by atoms with Crippen LogP contribution in [0.15, 0.2) is 71.9 Å². The lowest BCUT2D eigenvalue weighted by Gasteiger charge is -2.26. The van der Waals surface area contributed by atoms with Crippen molar-refractivity contribution in [3.05, 3.63) is 72.6 Å². The number of aliphatic hydroxyl groups excluding tert-OH is 1. The van der Waals surface area contributed by atoms with Crippen LogP contribution in [-0.2, 0) is 21.2 Å². The van der Waals surface area contributed by atoms with Crippen LogP contribution in [0.4, 0.5) is 0 Å². The minimum atomic E-state index is -4.05. The number of para-hydroxylation sites is 2. The zero-order chi connectivity index (χ0) is 25.0. The Hall–Kier alpha value is -3.27. The minimum Gasteiger partial charge on any atom is -0.394 e. The van der Waals surface area contributed by atoms with Crippen LogP contribution in [0.5, 0.6) is 0 Å². The predicted molar refractivity (Wildman–Crippen MR) is 136 cm³/mol. The summed E-state index contributed by atoms with van der Waals surface area (Å²) in [7, 11) is -4.05. The van der Waals surface area contributed by atoms with Crippen LogP contribution in [0, 0.1) is 5.92 Å². The molecule has 184 valence electrons. The fourth-order valence-corrected chi connectivity index (χ4v) is 5.69. The van der Waals surface area contributed by atoms with E-state index in [1.807, 2.05) is 44.3 Å². The van der Waals surface area contributed by atoms with Gasteiger partial charge in [0, 0.05) is 28.7 Å². The quantitative estimate of drug-likeness (QED) is 0.270. The van der Waals surface area contributed by atoms with Crippen molar-refractivity contribution >= 4 is 37.7 Å². The van der Waals surface area contributed by atoms with Crippen LogP contribution < -0.4 is 10.0 Å². The van der Waals surface area contributed by atoms with E-state index in [4.69, 9.17) is 0 Å². The van der Waals surface area contributed by atoms with Gasteiger partial charge in [0.25, 0.3) is 0 Å². The van der Waals surface area contributed by atoms with Gasteiger partial charge < -0.3 is 15.4 Å². The normalized spacial score (nSPS) is 14.6. The molecule has 2 aromatic heterocycles. The Morgan fingerprint density at radius 1 is 1.11 bits per heavy atom. The highest BCUT2D eigenvalue weighted by atomic mass is 32.2. The Bertz CT molecular complexity index is 1430. The lowest BCUT2D eigenvalue weighted by atomic mass is 9.98. The number of amides is 1. The molecule has 0 aliphatic rings. The SMILES string of the molecule is CCC(C)[C@H](NS(=O)(=O)c1cccc2cccnc12)C(=O)N[C@H](CO)Cc1c[nH]c2ccccc12. The average molecular weight is 495 g/mol. The van der Waals surface area contributed by atoms with E-state index >= 15 is 0 Å². The van der Waals surface area contributed by atoms with Gasteiger partial charge in [-0.05, 0) is 36.1 Å². The maximum Gasteiger partial charge on any atom is 0.243 e. The molecule has 0 saturated carbocycles. The van der Waals surface area contributed by atoms with E-state index < -0.39 is 28.0 Å². The van der Waals surface area contributed by atoms with Gasteiger partial charge in [-0.1, -0.05) is 56.7 Å². The summed E-state index contributed by atoms with van der Waals surface area (Å²) >= 11 is 0. The lowest BCUT2D eigenvalue weighted by Crippen LogP contribution is -2.53. The highest BCUT2D eigenvalue weighted by molar-refractivity contribution is 7.89. The number of hydrogen-bond donors (Lipinski definition) is 4. The summed E-state index contributed by atoms with van der Waals surface area (Å²) in [5.74, 6) is -0.754. The summed E-state index contributed by atoms with van der Waals surface area (Å²) in [6, 6.07) is 14.7. The number of pyridine rings is 1. The van der Waals surface area contributed by atoms with Crippen molar-refractivity contribution in [2.45, 2.75) is 43.7 Å². The van der Waals surface area contributed by atoms with E-state index in [1.165, 1.54) is 12.3 Å². The highest BCUT2D eigenvalue weighted by Crippen LogP contribution is 2.23. The molecule has 4 aromatic rings. The molecule has 35 heavy (non-hydrogen) atoms. The number of benzene rings is 2. The first kappa shape index (κ1) is 24.8. The van der Waals surface area contributed by atoms with Gasteiger partial charge in [-0.2, -0.15) is 4.72 Å². The Balaban J connectivity index is 1.56. The molecule has 0 radical (unpaired) electrons. The predicted octanol–water partition coefficient (Wildman–Crippen LogP) is 3.13. The van der Waals surface area contributed by atoms with E-state index in [2.05, 4.69) is 20.0 Å². The van der Waals surface area contributed by atoms with Gasteiger partial charge in [0.1, 0.15) is 10.9 Å². The summed E-state index contributed by atoms with van der Waals surface area (Å²) in [5.41, 5.74) is 2.28. The molecule has 8 nitrogen and oxygen atoms in total. The van der Waals surface area contributed by atoms with Crippen LogP contribution in [-0.4, -0.2) is 48.1 Å². The number of aromatic amines is 1. The molecule has 3 atom stereocenters. The Morgan fingerprint density at radius 3 is 2.66 bits per heavy atom. The minimum absolute atomic E-state index is 0.0224. The van der Waals surface area contributed by atoms with Gasteiger partial charge in [-0.3, -0.25) is 9.78 Å². The first-order valence-corrected chi connectivity index (χ1v) is 13.1. The largest absolute Gasteiger partial charge is 0.394 e. The molecule has 0 fully saturated rings. The van der Waals surface area contributed by atoms with Crippen molar-refractivity contribution in [3.63, 3.8) is 0 Å². The van der Waals surface area contributed by atoms with E-state index in [0.717, 1.165) is 16.5 Å². The van der Waals surface area contributed by atoms with Crippen molar-refractivity contribution < 1.29 is 18.3 Å². The third kappa shape index (κ3) is 5.37. The highest BCUT2D eigenvalue weighted by Gasteiger charge is 2.32. The van der Waals surface area contributed by atoms with Crippen molar-refractivity contribution in [2.24, 2.45) is 5.92 Å². The number of aliphatic hydroxyl groups is 1. The number of aromatic nitrogens is 2. The first-order valence-electron chi connectivity index (χ1n) is 11.7. The molecule has 0 aliphatic heterocycles. The van der Waals surface area contributed by atoms with Crippen LogP contribution >= 0.6 is 0 Å². The van der Waals surface area contributed by atoms with Crippen molar-refractivity contribution in [2.75, 3.05) is 6.61 Å². The topological polar surface area (TPSA) is 124 Å². The van der Waals surface area contributed by atoms with E-state index in [1.54, 1.807) is 24.3 Å². The van der Waals surface area contributed by atoms with Gasteiger partial charge in [0.2, 0.25) is 15.9 Å². The van der Waals surface area contributed by atoms with Crippen LogP contribution in [0.2, 0.25) is 0 Å². The molecule has 1 unspecified atom stereocenters. The number of H-pyrrole nitrogens is 1. The number of carbonyl (C=O) groups is 1. The molecule has 9 heteroatoms. The van der Waals surface area contributed by atoms with Crippen molar-refractivity contribution in [1.82, 2.24) is 20.0 Å². The zero-order valence-corrected chi connectivity index (χ0v) is 20.5. The van der Waals surface area contributed by atoms with E-state index in [9.17, 15) is 18.3 Å². The van der Waals surface area contributed by atoms with Gasteiger partial charge >= 0.3 is 0 Å². The fourth-order valence-electron chi connectivity index (χ4n) is 4.21. The third-order valence-corrected chi connectivity index (χ3v) is 7.84. The van der Waals surface area contributed by atoms with Crippen molar-refractivity contribution in [1.29, 1.82) is 0 Å². The second kappa shape index (κ2) is 10.6. The first-order chi connectivity index (χ1) is 16.8. The van der Waals surface area contributed by atoms with Gasteiger partial charge in [-0.25, -0.2) is 8.42 Å². The molecule has 0 saturated heterocycles. The number of fused-ring (bicyclic) bond motifs is 2. The second-order valence-electron chi connectivity index (χ2n) is 8.77. The van der Waals surface area contributed by atoms with Gasteiger partial charge in [-0.15, -0.1) is 0 Å². The lowest BCUT2D eigenvalue weighted by molar-refractivity contribution is -0.124. The molecule has 0 bridgehead atoms. The molecule has 0 aliphatic carbocycles. The van der Waals surface area contributed by atoms with E-state index in [-0.39, 0.29) is 17.4 Å². The smallest absolute Gasteiger partial charge is 0.243 e. The Labute approximate surface area is 204 Å². The Morgan fingerprint density at radius 2 is 1.89 bits per heavy atom. The number of nitrogens with one attached hydrogen (secondary N) is 3. The standard InChI is InChI=1S/C26H30N4O4S/c1-3-17(2)24(30-35(33,34)23-12-6-8-18-9-7-13-27-25(18)23)26(32)29-20(16-31)14-19-15-28-22-11-5-4-10-21(19)22/h4-13,15,17,20,24,28,30-31H,3,14,16H2,1-2H3,(H,29,32)/t17?,20-,24-/m0/s1. The summed E-state index contributed by atoms with van der Waals surface area (Å²) < 4.78 is 29.3. The Kier molecular flexibility index (Phi) is 7.49. The van der Waals surface area contributed by atoms with Gasteiger partial charge in [0.15, 0.2) is 0 Å². The number of hydrogen-bond acceptors (Lipinski definition) is 5. The molecule has 2 heterocycles. The monoisotopic (exact) mass is 494 g/mol. The molecular formula is C26H30N4O4S. The summed E-state index contributed by atoms with van der Waals surface area (Å²) in [6.07, 6.45) is 4.39. The van der Waals surface area contributed by atoms with E-state index in [0.29, 0.717) is 23.7 Å². The molecule has 1 amide bonds.